The van der Waals surface area contributed by atoms with E-state index in [1.807, 2.05) is 18.9 Å². The summed E-state index contributed by atoms with van der Waals surface area (Å²) < 4.78 is 18.5. The van der Waals surface area contributed by atoms with E-state index in [1.165, 1.54) is 6.07 Å². The van der Waals surface area contributed by atoms with Gasteiger partial charge in [0.25, 0.3) is 0 Å². The second kappa shape index (κ2) is 6.45. The summed E-state index contributed by atoms with van der Waals surface area (Å²) in [5, 5.41) is 8.92. The van der Waals surface area contributed by atoms with Crippen LogP contribution in [0.1, 0.15) is 6.92 Å². The predicted octanol–water partition coefficient (Wildman–Crippen LogP) is 1.52. The van der Waals surface area contributed by atoms with Crippen molar-refractivity contribution in [1.82, 2.24) is 4.90 Å². The molecule has 0 aliphatic rings. The Kier molecular flexibility index (Phi) is 5.22. The molecule has 1 unspecified atom stereocenters. The van der Waals surface area contributed by atoms with Crippen LogP contribution in [-0.4, -0.2) is 42.9 Å². The molecule has 0 amide bonds. The van der Waals surface area contributed by atoms with Gasteiger partial charge in [-0.3, -0.25) is 4.90 Å². The molecule has 1 rings (SSSR count). The fourth-order valence-electron chi connectivity index (χ4n) is 1.22. The molecule has 0 spiro atoms. The highest BCUT2D eigenvalue weighted by Crippen LogP contribution is 2.15. The normalized spacial score (nSPS) is 12.8. The average molecular weight is 227 g/mol. The number of nitrogens with zero attached hydrogens (tertiary/aromatic N) is 1. The first-order valence-electron chi connectivity index (χ1n) is 5.33. The van der Waals surface area contributed by atoms with Gasteiger partial charge in [0.05, 0.1) is 6.61 Å². The molecule has 4 heteroatoms. The van der Waals surface area contributed by atoms with Gasteiger partial charge in [0.15, 0.2) is 11.6 Å². The molecule has 0 saturated carbocycles. The van der Waals surface area contributed by atoms with Gasteiger partial charge in [0.2, 0.25) is 0 Å². The van der Waals surface area contributed by atoms with Crippen LogP contribution in [0.5, 0.6) is 5.75 Å². The molecular formula is C12H18FNO2. The molecule has 1 N–H and O–H groups in total. The molecule has 3 nitrogen and oxygen atoms in total. The molecule has 1 atom stereocenters. The van der Waals surface area contributed by atoms with Crippen molar-refractivity contribution in [3.8, 4) is 5.75 Å². The fraction of sp³-hybridized carbons (Fsp3) is 0.500. The van der Waals surface area contributed by atoms with Crippen LogP contribution in [0.15, 0.2) is 24.3 Å². The van der Waals surface area contributed by atoms with Gasteiger partial charge in [0.1, 0.15) is 6.61 Å². The first kappa shape index (κ1) is 12.9. The Hall–Kier alpha value is -1.13. The molecule has 0 aliphatic heterocycles. The number of halogens is 1. The molecule has 90 valence electrons. The zero-order chi connectivity index (χ0) is 12.0. The maximum atomic E-state index is 13.2. The number of benzene rings is 1. The molecule has 0 saturated heterocycles. The number of aliphatic hydroxyl groups is 1. The van der Waals surface area contributed by atoms with Crippen LogP contribution < -0.4 is 4.74 Å². The maximum Gasteiger partial charge on any atom is 0.165 e. The van der Waals surface area contributed by atoms with E-state index in [2.05, 4.69) is 0 Å². The highest BCUT2D eigenvalue weighted by Gasteiger charge is 2.07. The number of hydrogen-bond acceptors (Lipinski definition) is 3. The van der Waals surface area contributed by atoms with Crippen molar-refractivity contribution in [3.63, 3.8) is 0 Å². The van der Waals surface area contributed by atoms with Gasteiger partial charge in [0, 0.05) is 12.6 Å². The first-order chi connectivity index (χ1) is 7.65. The third-order valence-corrected chi connectivity index (χ3v) is 2.55. The lowest BCUT2D eigenvalue weighted by molar-refractivity contribution is 0.139. The molecule has 16 heavy (non-hydrogen) atoms. The van der Waals surface area contributed by atoms with Crippen LogP contribution in [-0.2, 0) is 0 Å². The predicted molar refractivity (Wildman–Crippen MR) is 61.1 cm³/mol. The molecule has 0 aromatic heterocycles. The molecule has 1 aromatic rings. The van der Waals surface area contributed by atoms with E-state index < -0.39 is 0 Å². The van der Waals surface area contributed by atoms with E-state index in [4.69, 9.17) is 9.84 Å². The van der Waals surface area contributed by atoms with Gasteiger partial charge in [-0.25, -0.2) is 4.39 Å². The number of para-hydroxylation sites is 1. The van der Waals surface area contributed by atoms with Crippen molar-refractivity contribution >= 4 is 0 Å². The summed E-state index contributed by atoms with van der Waals surface area (Å²) in [5.41, 5.74) is 0. The van der Waals surface area contributed by atoms with E-state index in [-0.39, 0.29) is 24.2 Å². The maximum absolute atomic E-state index is 13.2. The Bertz CT molecular complexity index is 320. The zero-order valence-corrected chi connectivity index (χ0v) is 9.69. The van der Waals surface area contributed by atoms with E-state index in [1.54, 1.807) is 18.2 Å². The summed E-state index contributed by atoms with van der Waals surface area (Å²) in [6.07, 6.45) is 0. The van der Waals surface area contributed by atoms with Gasteiger partial charge in [-0.05, 0) is 26.1 Å². The van der Waals surface area contributed by atoms with Crippen molar-refractivity contribution in [2.75, 3.05) is 26.8 Å². The van der Waals surface area contributed by atoms with Gasteiger partial charge in [-0.1, -0.05) is 12.1 Å². The summed E-state index contributed by atoms with van der Waals surface area (Å²) in [6, 6.07) is 6.42. The van der Waals surface area contributed by atoms with Crippen molar-refractivity contribution < 1.29 is 14.2 Å². The van der Waals surface area contributed by atoms with Crippen LogP contribution in [0, 0.1) is 5.82 Å². The first-order valence-corrected chi connectivity index (χ1v) is 5.33. The van der Waals surface area contributed by atoms with Crippen LogP contribution >= 0.6 is 0 Å². The number of ether oxygens (including phenoxy) is 1. The van der Waals surface area contributed by atoms with Crippen molar-refractivity contribution in [1.29, 1.82) is 0 Å². The van der Waals surface area contributed by atoms with Gasteiger partial charge < -0.3 is 9.84 Å². The lowest BCUT2D eigenvalue weighted by atomic mass is 10.3. The Balaban J connectivity index is 2.33. The summed E-state index contributed by atoms with van der Waals surface area (Å²) in [7, 11) is 1.89. The van der Waals surface area contributed by atoms with Gasteiger partial charge in [-0.2, -0.15) is 0 Å². The minimum Gasteiger partial charge on any atom is -0.489 e. The van der Waals surface area contributed by atoms with Crippen molar-refractivity contribution in [2.45, 2.75) is 13.0 Å². The molecule has 0 bridgehead atoms. The fourth-order valence-corrected chi connectivity index (χ4v) is 1.22. The molecule has 0 heterocycles. The van der Waals surface area contributed by atoms with E-state index in [9.17, 15) is 4.39 Å². The lowest BCUT2D eigenvalue weighted by Gasteiger charge is -2.22. The van der Waals surface area contributed by atoms with E-state index >= 15 is 0 Å². The standard InChI is InChI=1S/C12H18FNO2/c1-10(9-15)14(2)7-8-16-12-6-4-3-5-11(12)13/h3-6,10,15H,7-9H2,1-2H3. The Morgan fingerprint density at radius 3 is 2.75 bits per heavy atom. The molecular weight excluding hydrogens is 209 g/mol. The average Bonchev–Trinajstić information content (AvgIpc) is 2.30. The number of rotatable bonds is 6. The topological polar surface area (TPSA) is 32.7 Å². The summed E-state index contributed by atoms with van der Waals surface area (Å²) in [4.78, 5) is 1.96. The van der Waals surface area contributed by atoms with Crippen LogP contribution in [0.2, 0.25) is 0 Å². The Morgan fingerprint density at radius 2 is 2.12 bits per heavy atom. The van der Waals surface area contributed by atoms with Crippen LogP contribution in [0.4, 0.5) is 4.39 Å². The number of aliphatic hydroxyl groups excluding tert-OH is 1. The molecule has 0 aliphatic carbocycles. The zero-order valence-electron chi connectivity index (χ0n) is 9.69. The van der Waals surface area contributed by atoms with Gasteiger partial charge in [-0.15, -0.1) is 0 Å². The Morgan fingerprint density at radius 1 is 1.44 bits per heavy atom. The monoisotopic (exact) mass is 227 g/mol. The third-order valence-electron chi connectivity index (χ3n) is 2.55. The molecule has 0 radical (unpaired) electrons. The van der Waals surface area contributed by atoms with Crippen LogP contribution in [0.3, 0.4) is 0 Å². The summed E-state index contributed by atoms with van der Waals surface area (Å²) in [5.74, 6) is -0.0760. The highest BCUT2D eigenvalue weighted by atomic mass is 19.1. The van der Waals surface area contributed by atoms with Crippen molar-refractivity contribution in [3.05, 3.63) is 30.1 Å². The van der Waals surface area contributed by atoms with E-state index in [0.29, 0.717) is 13.2 Å². The van der Waals surface area contributed by atoms with Crippen LogP contribution in [0.25, 0.3) is 0 Å². The third kappa shape index (κ3) is 3.79. The Labute approximate surface area is 95.5 Å². The largest absolute Gasteiger partial charge is 0.489 e. The minimum absolute atomic E-state index is 0.0872. The number of likely N-dealkylation sites (N-methyl/N-ethyl adjacent to an activating group) is 1. The second-order valence-corrected chi connectivity index (χ2v) is 3.79. The quantitative estimate of drug-likeness (QED) is 0.799. The summed E-state index contributed by atoms with van der Waals surface area (Å²) >= 11 is 0. The molecule has 1 aromatic carbocycles. The van der Waals surface area contributed by atoms with Gasteiger partial charge >= 0.3 is 0 Å². The SMILES string of the molecule is CC(CO)N(C)CCOc1ccccc1F. The minimum atomic E-state index is -0.347. The highest BCUT2D eigenvalue weighted by molar-refractivity contribution is 5.23. The second-order valence-electron chi connectivity index (χ2n) is 3.79. The molecule has 0 fully saturated rings. The van der Waals surface area contributed by atoms with Crippen molar-refractivity contribution in [2.24, 2.45) is 0 Å². The lowest BCUT2D eigenvalue weighted by Crippen LogP contribution is -2.35. The smallest absolute Gasteiger partial charge is 0.165 e. The number of hydrogen-bond donors (Lipinski definition) is 1. The summed E-state index contributed by atoms with van der Waals surface area (Å²) in [6.45, 7) is 3.08. The van der Waals surface area contributed by atoms with E-state index in [0.717, 1.165) is 0 Å².